The van der Waals surface area contributed by atoms with E-state index in [0.717, 1.165) is 25.3 Å². The van der Waals surface area contributed by atoms with Gasteiger partial charge < -0.3 is 20.3 Å². The first-order chi connectivity index (χ1) is 10.7. The molecule has 22 heavy (non-hydrogen) atoms. The third kappa shape index (κ3) is 3.75. The molecule has 1 unspecified atom stereocenters. The van der Waals surface area contributed by atoms with Gasteiger partial charge in [0.2, 0.25) is 5.91 Å². The van der Waals surface area contributed by atoms with Crippen molar-refractivity contribution in [1.29, 1.82) is 0 Å². The van der Waals surface area contributed by atoms with Gasteiger partial charge >= 0.3 is 0 Å². The van der Waals surface area contributed by atoms with Crippen molar-refractivity contribution in [2.45, 2.75) is 25.4 Å². The fraction of sp³-hybridized carbons (Fsp3) is 0.625. The van der Waals surface area contributed by atoms with Gasteiger partial charge in [0, 0.05) is 19.5 Å². The van der Waals surface area contributed by atoms with Gasteiger partial charge in [-0.15, -0.1) is 0 Å². The summed E-state index contributed by atoms with van der Waals surface area (Å²) in [5, 5.41) is 0. The molecule has 0 saturated carbocycles. The number of nitrogen functional groups attached to an aromatic ring is 1. The maximum atomic E-state index is 12.4. The minimum absolute atomic E-state index is 0.173. The molecule has 0 aliphatic carbocycles. The average Bonchev–Trinajstić information content (AvgIpc) is 3.06. The minimum Gasteiger partial charge on any atom is -0.384 e. The number of nitrogens with zero attached hydrogens (tertiary/aromatic N) is 3. The second-order valence-corrected chi connectivity index (χ2v) is 5.99. The Hall–Kier alpha value is -1.66. The summed E-state index contributed by atoms with van der Waals surface area (Å²) in [5.74, 6) is 0.697. The summed E-state index contributed by atoms with van der Waals surface area (Å²) < 4.78 is 5.75. The second kappa shape index (κ2) is 7.07. The van der Waals surface area contributed by atoms with E-state index in [9.17, 15) is 4.79 Å². The van der Waals surface area contributed by atoms with Gasteiger partial charge in [-0.05, 0) is 38.1 Å². The zero-order chi connectivity index (χ0) is 15.4. The summed E-state index contributed by atoms with van der Waals surface area (Å²) in [4.78, 5) is 21.0. The van der Waals surface area contributed by atoms with Crippen LogP contribution in [0.1, 0.15) is 31.1 Å². The van der Waals surface area contributed by atoms with Crippen LogP contribution in [-0.4, -0.2) is 60.0 Å². The highest BCUT2D eigenvalue weighted by Crippen LogP contribution is 2.22. The first kappa shape index (κ1) is 15.2. The maximum Gasteiger partial charge on any atom is 0.224 e. The molecule has 0 aromatic carbocycles. The van der Waals surface area contributed by atoms with Crippen LogP contribution in [0.15, 0.2) is 18.2 Å². The molecular weight excluding hydrogens is 280 g/mol. The van der Waals surface area contributed by atoms with Crippen LogP contribution in [0, 0.1) is 0 Å². The van der Waals surface area contributed by atoms with Gasteiger partial charge in [-0.2, -0.15) is 0 Å². The van der Waals surface area contributed by atoms with Gasteiger partial charge in [0.25, 0.3) is 0 Å². The lowest BCUT2D eigenvalue weighted by Gasteiger charge is -2.33. The summed E-state index contributed by atoms with van der Waals surface area (Å²) in [7, 11) is 0. The molecule has 1 aromatic heterocycles. The number of aromatic nitrogens is 1. The lowest BCUT2D eigenvalue weighted by molar-refractivity contribution is -0.139. The van der Waals surface area contributed by atoms with Gasteiger partial charge in [-0.1, -0.05) is 6.07 Å². The average molecular weight is 304 g/mol. The molecule has 3 heterocycles. The molecule has 120 valence electrons. The molecule has 6 heteroatoms. The molecule has 3 rings (SSSR count). The van der Waals surface area contributed by atoms with Crippen LogP contribution < -0.4 is 5.73 Å². The quantitative estimate of drug-likeness (QED) is 0.900. The highest BCUT2D eigenvalue weighted by molar-refractivity contribution is 5.76. The lowest BCUT2D eigenvalue weighted by Crippen LogP contribution is -2.43. The van der Waals surface area contributed by atoms with Crippen molar-refractivity contribution in [1.82, 2.24) is 14.8 Å². The third-order valence-corrected chi connectivity index (χ3v) is 4.38. The van der Waals surface area contributed by atoms with Gasteiger partial charge in [-0.3, -0.25) is 4.79 Å². The molecule has 0 spiro atoms. The number of carbonyl (C=O) groups excluding carboxylic acids is 1. The smallest absolute Gasteiger partial charge is 0.224 e. The van der Waals surface area contributed by atoms with E-state index in [4.69, 9.17) is 10.5 Å². The van der Waals surface area contributed by atoms with E-state index >= 15 is 0 Å². The molecule has 2 aliphatic heterocycles. The summed E-state index contributed by atoms with van der Waals surface area (Å²) in [6, 6.07) is 5.53. The van der Waals surface area contributed by atoms with Crippen LogP contribution in [0.5, 0.6) is 0 Å². The Bertz CT molecular complexity index is 517. The van der Waals surface area contributed by atoms with Gasteiger partial charge in [0.15, 0.2) is 0 Å². The third-order valence-electron chi connectivity index (χ3n) is 4.38. The van der Waals surface area contributed by atoms with E-state index in [0.29, 0.717) is 31.9 Å². The zero-order valence-electron chi connectivity index (χ0n) is 12.9. The summed E-state index contributed by atoms with van der Waals surface area (Å²) in [6.07, 6.45) is 2.94. The Morgan fingerprint density at radius 1 is 1.32 bits per heavy atom. The molecule has 6 nitrogen and oxygen atoms in total. The normalized spacial score (nSPS) is 22.9. The Balaban J connectivity index is 1.54. The van der Waals surface area contributed by atoms with E-state index in [-0.39, 0.29) is 12.0 Å². The minimum atomic E-state index is -0.173. The largest absolute Gasteiger partial charge is 0.384 e. The topological polar surface area (TPSA) is 71.7 Å². The van der Waals surface area contributed by atoms with Crippen LogP contribution in [0.2, 0.25) is 0 Å². The summed E-state index contributed by atoms with van der Waals surface area (Å²) >= 11 is 0. The molecule has 0 bridgehead atoms. The monoisotopic (exact) mass is 304 g/mol. The molecule has 1 atom stereocenters. The molecule has 1 aromatic rings. The number of hydrogen-bond donors (Lipinski definition) is 1. The highest BCUT2D eigenvalue weighted by atomic mass is 16.5. The fourth-order valence-corrected chi connectivity index (χ4v) is 3.12. The Labute approximate surface area is 131 Å². The Morgan fingerprint density at radius 2 is 2.14 bits per heavy atom. The van der Waals surface area contributed by atoms with Crippen molar-refractivity contribution < 1.29 is 9.53 Å². The summed E-state index contributed by atoms with van der Waals surface area (Å²) in [6.45, 7) is 4.92. The van der Waals surface area contributed by atoms with E-state index in [1.54, 1.807) is 6.07 Å². The number of amides is 1. The number of likely N-dealkylation sites (tertiary alicyclic amines) is 1. The number of pyridine rings is 1. The number of nitrogens with two attached hydrogens (primary N) is 1. The number of morpholine rings is 1. The van der Waals surface area contributed by atoms with Crippen molar-refractivity contribution in [3.8, 4) is 0 Å². The van der Waals surface area contributed by atoms with Crippen molar-refractivity contribution in [3.05, 3.63) is 23.9 Å². The zero-order valence-corrected chi connectivity index (χ0v) is 12.9. The van der Waals surface area contributed by atoms with Crippen molar-refractivity contribution in [2.24, 2.45) is 0 Å². The first-order valence-corrected chi connectivity index (χ1v) is 8.06. The van der Waals surface area contributed by atoms with Gasteiger partial charge in [0.05, 0.1) is 18.8 Å². The first-order valence-electron chi connectivity index (χ1n) is 8.06. The molecule has 2 saturated heterocycles. The van der Waals surface area contributed by atoms with E-state index in [2.05, 4.69) is 9.88 Å². The van der Waals surface area contributed by atoms with Crippen LogP contribution >= 0.6 is 0 Å². The number of hydrogen-bond acceptors (Lipinski definition) is 5. The summed E-state index contributed by atoms with van der Waals surface area (Å²) in [5.41, 5.74) is 6.53. The predicted molar refractivity (Wildman–Crippen MR) is 84.2 cm³/mol. The molecule has 2 aliphatic rings. The van der Waals surface area contributed by atoms with Crippen molar-refractivity contribution in [3.63, 3.8) is 0 Å². The molecule has 1 amide bonds. The maximum absolute atomic E-state index is 12.4. The fourth-order valence-electron chi connectivity index (χ4n) is 3.12. The number of carbonyl (C=O) groups is 1. The molecule has 2 N–H and O–H groups in total. The van der Waals surface area contributed by atoms with Crippen LogP contribution in [0.25, 0.3) is 0 Å². The predicted octanol–water partition coefficient (Wildman–Crippen LogP) is 1.05. The number of rotatable bonds is 4. The second-order valence-electron chi connectivity index (χ2n) is 5.99. The van der Waals surface area contributed by atoms with E-state index in [1.165, 1.54) is 12.8 Å². The van der Waals surface area contributed by atoms with Crippen LogP contribution in [0.3, 0.4) is 0 Å². The van der Waals surface area contributed by atoms with Gasteiger partial charge in [0.1, 0.15) is 11.9 Å². The Morgan fingerprint density at radius 3 is 2.91 bits per heavy atom. The van der Waals surface area contributed by atoms with E-state index in [1.807, 2.05) is 17.0 Å². The van der Waals surface area contributed by atoms with Crippen LogP contribution in [0.4, 0.5) is 5.82 Å². The number of ether oxygens (including phenoxy) is 1. The highest BCUT2D eigenvalue weighted by Gasteiger charge is 2.26. The molecule has 0 radical (unpaired) electrons. The van der Waals surface area contributed by atoms with Crippen molar-refractivity contribution >= 4 is 11.7 Å². The van der Waals surface area contributed by atoms with Gasteiger partial charge in [-0.25, -0.2) is 4.98 Å². The molecule has 2 fully saturated rings. The van der Waals surface area contributed by atoms with Crippen molar-refractivity contribution in [2.75, 3.05) is 45.1 Å². The SMILES string of the molecule is Nc1cccc(C2CN(C(=O)CCN3CCCC3)CCO2)n1. The lowest BCUT2D eigenvalue weighted by atomic mass is 10.1. The van der Waals surface area contributed by atoms with E-state index < -0.39 is 0 Å². The van der Waals surface area contributed by atoms with Crippen LogP contribution in [-0.2, 0) is 9.53 Å². The number of anilines is 1. The Kier molecular flexibility index (Phi) is 4.90. The molecular formula is C16H24N4O2. The standard InChI is InChI=1S/C16H24N4O2/c17-15-5-3-4-13(18-15)14-12-20(10-11-22-14)16(21)6-9-19-7-1-2-8-19/h3-5,14H,1-2,6-12H2,(H2,17,18).